The number of hydrogen-bond donors (Lipinski definition) is 0. The predicted molar refractivity (Wildman–Crippen MR) is 176 cm³/mol. The summed E-state index contributed by atoms with van der Waals surface area (Å²) in [4.78, 5) is 7.09. The Balaban J connectivity index is 1.28. The normalized spacial score (nSPS) is 11.7. The van der Waals surface area contributed by atoms with Crippen LogP contribution in [-0.2, 0) is 0 Å². The van der Waals surface area contributed by atoms with E-state index in [2.05, 4.69) is 114 Å². The molecule has 202 valence electrons. The second-order valence-electron chi connectivity index (χ2n) is 10.8. The van der Waals surface area contributed by atoms with Gasteiger partial charge in [-0.05, 0) is 70.8 Å². The minimum atomic E-state index is 0.603. The molecule has 0 aliphatic heterocycles. The van der Waals surface area contributed by atoms with Gasteiger partial charge in [-0.1, -0.05) is 84.9 Å². The van der Waals surface area contributed by atoms with E-state index in [1.54, 1.807) is 0 Å². The van der Waals surface area contributed by atoms with E-state index in [0.29, 0.717) is 5.89 Å². The number of aromatic nitrogens is 1. The lowest BCUT2D eigenvalue weighted by atomic mass is 9.99. The van der Waals surface area contributed by atoms with Gasteiger partial charge in [-0.3, -0.25) is 0 Å². The van der Waals surface area contributed by atoms with Gasteiger partial charge in [0.2, 0.25) is 5.89 Å². The van der Waals surface area contributed by atoms with Gasteiger partial charge in [0.05, 0.1) is 5.69 Å². The Morgan fingerprint density at radius 3 is 1.98 bits per heavy atom. The molecule has 0 fully saturated rings. The predicted octanol–water partition coefficient (Wildman–Crippen LogP) is 11.2. The van der Waals surface area contributed by atoms with Crippen LogP contribution in [0.2, 0.25) is 0 Å². The van der Waals surface area contributed by atoms with E-state index >= 15 is 0 Å². The fourth-order valence-corrected chi connectivity index (χ4v) is 6.25. The molecule has 7 aromatic carbocycles. The van der Waals surface area contributed by atoms with E-state index in [0.717, 1.165) is 55.7 Å². The maximum absolute atomic E-state index is 6.35. The second kappa shape index (κ2) is 9.33. The first-order valence-corrected chi connectivity index (χ1v) is 14.4. The molecule has 0 saturated carbocycles. The minimum Gasteiger partial charge on any atom is -0.456 e. The Morgan fingerprint density at radius 1 is 0.442 bits per heavy atom. The van der Waals surface area contributed by atoms with E-state index in [1.807, 2.05) is 36.4 Å². The van der Waals surface area contributed by atoms with Gasteiger partial charge in [-0.2, -0.15) is 0 Å². The summed E-state index contributed by atoms with van der Waals surface area (Å²) in [6.45, 7) is 0. The van der Waals surface area contributed by atoms with Crippen LogP contribution in [-0.4, -0.2) is 4.98 Å². The zero-order valence-corrected chi connectivity index (χ0v) is 23.1. The van der Waals surface area contributed by atoms with Crippen molar-refractivity contribution in [2.45, 2.75) is 0 Å². The molecule has 9 aromatic rings. The van der Waals surface area contributed by atoms with Crippen LogP contribution in [0.15, 0.2) is 154 Å². The molecule has 4 nitrogen and oxygen atoms in total. The molecular weight excluding hydrogens is 528 g/mol. The summed E-state index contributed by atoms with van der Waals surface area (Å²) in [5.74, 6) is 0.603. The number of hydrogen-bond acceptors (Lipinski definition) is 4. The summed E-state index contributed by atoms with van der Waals surface area (Å²) < 4.78 is 12.6. The Bertz CT molecular complexity index is 2460. The largest absolute Gasteiger partial charge is 0.456 e. The molecule has 0 unspecified atom stereocenters. The van der Waals surface area contributed by atoms with Crippen molar-refractivity contribution >= 4 is 71.6 Å². The third-order valence-electron chi connectivity index (χ3n) is 8.24. The van der Waals surface area contributed by atoms with E-state index in [4.69, 9.17) is 13.8 Å². The van der Waals surface area contributed by atoms with Gasteiger partial charge < -0.3 is 13.7 Å². The van der Waals surface area contributed by atoms with Crippen LogP contribution < -0.4 is 4.90 Å². The highest BCUT2D eigenvalue weighted by Gasteiger charge is 2.19. The third-order valence-corrected chi connectivity index (χ3v) is 8.24. The molecule has 0 radical (unpaired) electrons. The van der Waals surface area contributed by atoms with Crippen LogP contribution in [0.25, 0.3) is 66.0 Å². The third kappa shape index (κ3) is 3.81. The molecule has 9 rings (SSSR count). The molecule has 0 spiro atoms. The standard InChI is InChI=1S/C39H24N2O2/c1-3-11-25(12-4-1)39-40-34-24-37-33(23-38(34)43-39)32-22-28(19-20-36(32)42-37)41(27-14-5-2-6-15-27)35-21-26-13-7-8-16-29(26)30-17-9-10-18-31(30)35/h1-24H. The molecule has 43 heavy (non-hydrogen) atoms. The molecule has 0 bridgehead atoms. The number of anilines is 3. The number of para-hydroxylation sites is 1. The Hall–Kier alpha value is -5.87. The van der Waals surface area contributed by atoms with Crippen molar-refractivity contribution in [2.75, 3.05) is 4.90 Å². The van der Waals surface area contributed by atoms with E-state index < -0.39 is 0 Å². The van der Waals surface area contributed by atoms with Crippen molar-refractivity contribution in [3.05, 3.63) is 146 Å². The van der Waals surface area contributed by atoms with Crippen molar-refractivity contribution in [2.24, 2.45) is 0 Å². The molecular formula is C39H24N2O2. The lowest BCUT2D eigenvalue weighted by molar-refractivity contribution is 0.620. The lowest BCUT2D eigenvalue weighted by Gasteiger charge is -2.27. The summed E-state index contributed by atoms with van der Waals surface area (Å²) in [6.07, 6.45) is 0. The summed E-state index contributed by atoms with van der Waals surface area (Å²) in [5.41, 5.74) is 7.33. The smallest absolute Gasteiger partial charge is 0.227 e. The minimum absolute atomic E-state index is 0.603. The summed E-state index contributed by atoms with van der Waals surface area (Å²) in [5, 5.41) is 6.90. The molecule has 0 atom stereocenters. The number of rotatable bonds is 4. The highest BCUT2D eigenvalue weighted by Crippen LogP contribution is 2.44. The van der Waals surface area contributed by atoms with Crippen molar-refractivity contribution in [1.29, 1.82) is 0 Å². The van der Waals surface area contributed by atoms with E-state index in [1.165, 1.54) is 21.5 Å². The van der Waals surface area contributed by atoms with Gasteiger partial charge in [0.15, 0.2) is 5.58 Å². The maximum Gasteiger partial charge on any atom is 0.227 e. The maximum atomic E-state index is 6.35. The molecule has 2 heterocycles. The number of furan rings is 1. The molecule has 2 aromatic heterocycles. The summed E-state index contributed by atoms with van der Waals surface area (Å²) in [6, 6.07) is 50.5. The highest BCUT2D eigenvalue weighted by atomic mass is 16.4. The van der Waals surface area contributed by atoms with Crippen LogP contribution in [0.5, 0.6) is 0 Å². The first-order valence-electron chi connectivity index (χ1n) is 14.4. The molecule has 0 N–H and O–H groups in total. The molecule has 0 aliphatic rings. The summed E-state index contributed by atoms with van der Waals surface area (Å²) >= 11 is 0. The first-order chi connectivity index (χ1) is 21.3. The lowest BCUT2D eigenvalue weighted by Crippen LogP contribution is -2.10. The van der Waals surface area contributed by atoms with Crippen molar-refractivity contribution in [3.63, 3.8) is 0 Å². The van der Waals surface area contributed by atoms with Crippen LogP contribution in [0.1, 0.15) is 0 Å². The summed E-state index contributed by atoms with van der Waals surface area (Å²) in [7, 11) is 0. The average Bonchev–Trinajstić information content (AvgIpc) is 3.65. The molecule has 0 aliphatic carbocycles. The van der Waals surface area contributed by atoms with Gasteiger partial charge in [0, 0.05) is 39.2 Å². The van der Waals surface area contributed by atoms with Gasteiger partial charge in [-0.25, -0.2) is 4.98 Å². The van der Waals surface area contributed by atoms with Crippen LogP contribution in [0.4, 0.5) is 17.1 Å². The molecule has 4 heteroatoms. The Morgan fingerprint density at radius 2 is 1.14 bits per heavy atom. The van der Waals surface area contributed by atoms with Crippen molar-refractivity contribution in [3.8, 4) is 11.5 Å². The van der Waals surface area contributed by atoms with Gasteiger partial charge >= 0.3 is 0 Å². The fourth-order valence-electron chi connectivity index (χ4n) is 6.25. The number of nitrogens with zero attached hydrogens (tertiary/aromatic N) is 2. The van der Waals surface area contributed by atoms with E-state index in [9.17, 15) is 0 Å². The number of oxazole rings is 1. The number of fused-ring (bicyclic) bond motifs is 7. The Labute approximate surface area is 247 Å². The van der Waals surface area contributed by atoms with Gasteiger partial charge in [-0.15, -0.1) is 0 Å². The zero-order chi connectivity index (χ0) is 28.3. The average molecular weight is 553 g/mol. The topological polar surface area (TPSA) is 42.4 Å². The van der Waals surface area contributed by atoms with Gasteiger partial charge in [0.25, 0.3) is 0 Å². The first kappa shape index (κ1) is 23.8. The second-order valence-corrected chi connectivity index (χ2v) is 10.8. The Kier molecular flexibility index (Phi) is 5.16. The monoisotopic (exact) mass is 552 g/mol. The van der Waals surface area contributed by atoms with Crippen LogP contribution >= 0.6 is 0 Å². The van der Waals surface area contributed by atoms with Gasteiger partial charge in [0.1, 0.15) is 16.7 Å². The zero-order valence-electron chi connectivity index (χ0n) is 23.1. The highest BCUT2D eigenvalue weighted by molar-refractivity contribution is 6.15. The van der Waals surface area contributed by atoms with Crippen LogP contribution in [0, 0.1) is 0 Å². The molecule has 0 amide bonds. The number of benzene rings is 7. The SMILES string of the molecule is c1ccc(-c2nc3cc4oc5ccc(N(c6ccccc6)c6cc7ccccc7c7ccccc67)cc5c4cc3o2)cc1. The van der Waals surface area contributed by atoms with Crippen LogP contribution in [0.3, 0.4) is 0 Å². The van der Waals surface area contributed by atoms with Crippen molar-refractivity contribution < 1.29 is 8.83 Å². The van der Waals surface area contributed by atoms with Crippen molar-refractivity contribution in [1.82, 2.24) is 4.98 Å². The quantitative estimate of drug-likeness (QED) is 0.204. The fraction of sp³-hybridized carbons (Fsp3) is 0. The molecule has 0 saturated heterocycles. The van der Waals surface area contributed by atoms with E-state index in [-0.39, 0.29) is 0 Å².